The van der Waals surface area contributed by atoms with Crippen LogP contribution in [-0.2, 0) is 0 Å². The molecule has 2 aromatic heterocycles. The van der Waals surface area contributed by atoms with Crippen LogP contribution < -0.4 is 0 Å². The molecular weight excluding hydrogens is 227 g/mol. The zero-order chi connectivity index (χ0) is 11.4. The number of halogens is 2. The largest absolute Gasteiger partial charge is 0.263 e. The summed E-state index contributed by atoms with van der Waals surface area (Å²) in [6.07, 6.45) is 4.25. The van der Waals surface area contributed by atoms with Gasteiger partial charge in [0.05, 0.1) is 11.2 Å². The van der Waals surface area contributed by atoms with Gasteiger partial charge in [-0.05, 0) is 24.1 Å². The van der Waals surface area contributed by atoms with Gasteiger partial charge in [-0.3, -0.25) is 4.98 Å². The predicted molar refractivity (Wildman–Crippen MR) is 59.4 cm³/mol. The molecule has 0 amide bonds. The van der Waals surface area contributed by atoms with Crippen LogP contribution in [0.1, 0.15) is 11.3 Å². The molecule has 0 aromatic carbocycles. The van der Waals surface area contributed by atoms with Gasteiger partial charge in [0.15, 0.2) is 0 Å². The van der Waals surface area contributed by atoms with Gasteiger partial charge >= 0.3 is 0 Å². The molecule has 0 saturated carbocycles. The highest BCUT2D eigenvalue weighted by atomic mass is 35.5. The van der Waals surface area contributed by atoms with Gasteiger partial charge in [0.2, 0.25) is 0 Å². The molecule has 0 bridgehead atoms. The topological polar surface area (TPSA) is 25.8 Å². The van der Waals surface area contributed by atoms with Gasteiger partial charge in [0, 0.05) is 18.0 Å². The van der Waals surface area contributed by atoms with Crippen molar-refractivity contribution in [3.63, 3.8) is 0 Å². The molecule has 0 radical (unpaired) electrons. The average Bonchev–Trinajstić information content (AvgIpc) is 2.30. The normalized spacial score (nSPS) is 9.38. The van der Waals surface area contributed by atoms with E-state index in [2.05, 4.69) is 21.8 Å². The van der Waals surface area contributed by atoms with E-state index in [0.29, 0.717) is 16.3 Å². The summed E-state index contributed by atoms with van der Waals surface area (Å²) in [6, 6.07) is 4.53. The SMILES string of the molecule is Fc1ccc(C#Cc2ccncc2Cl)nc1. The minimum Gasteiger partial charge on any atom is -0.263 e. The summed E-state index contributed by atoms with van der Waals surface area (Å²) in [7, 11) is 0. The fourth-order valence-corrected chi connectivity index (χ4v) is 1.22. The second kappa shape index (κ2) is 4.73. The van der Waals surface area contributed by atoms with Crippen LogP contribution in [0.25, 0.3) is 0 Å². The Morgan fingerprint density at radius 2 is 2.00 bits per heavy atom. The summed E-state index contributed by atoms with van der Waals surface area (Å²) >= 11 is 5.87. The zero-order valence-corrected chi connectivity index (χ0v) is 8.87. The lowest BCUT2D eigenvalue weighted by molar-refractivity contribution is 0.621. The summed E-state index contributed by atoms with van der Waals surface area (Å²) in [5, 5.41) is 0.483. The van der Waals surface area contributed by atoms with Crippen molar-refractivity contribution < 1.29 is 4.39 Å². The fraction of sp³-hybridized carbons (Fsp3) is 0. The van der Waals surface area contributed by atoms with E-state index in [1.807, 2.05) is 0 Å². The molecule has 16 heavy (non-hydrogen) atoms. The molecule has 78 valence electrons. The van der Waals surface area contributed by atoms with E-state index < -0.39 is 0 Å². The molecule has 0 aliphatic heterocycles. The van der Waals surface area contributed by atoms with Crippen LogP contribution in [0.5, 0.6) is 0 Å². The lowest BCUT2D eigenvalue weighted by atomic mass is 10.2. The zero-order valence-electron chi connectivity index (χ0n) is 8.11. The molecule has 0 aliphatic rings. The van der Waals surface area contributed by atoms with Gasteiger partial charge < -0.3 is 0 Å². The van der Waals surface area contributed by atoms with E-state index in [9.17, 15) is 4.39 Å². The fourth-order valence-electron chi connectivity index (χ4n) is 1.06. The Labute approximate surface area is 97.1 Å². The quantitative estimate of drug-likeness (QED) is 0.653. The van der Waals surface area contributed by atoms with Crippen LogP contribution in [0.3, 0.4) is 0 Å². The summed E-state index contributed by atoms with van der Waals surface area (Å²) in [5.41, 5.74) is 1.16. The Morgan fingerprint density at radius 1 is 1.12 bits per heavy atom. The Balaban J connectivity index is 2.29. The van der Waals surface area contributed by atoms with Crippen molar-refractivity contribution in [2.24, 2.45) is 0 Å². The van der Waals surface area contributed by atoms with Crippen LogP contribution in [-0.4, -0.2) is 9.97 Å². The standard InChI is InChI=1S/C12H6ClFN2/c13-12-8-15-6-5-9(12)1-3-11-4-2-10(14)7-16-11/h2,4-8H. The van der Waals surface area contributed by atoms with Crippen molar-refractivity contribution in [2.75, 3.05) is 0 Å². The average molecular weight is 233 g/mol. The van der Waals surface area contributed by atoms with Crippen molar-refractivity contribution in [3.05, 3.63) is 58.9 Å². The van der Waals surface area contributed by atoms with Crippen LogP contribution in [0.2, 0.25) is 5.02 Å². The van der Waals surface area contributed by atoms with Gasteiger partial charge in [-0.1, -0.05) is 17.5 Å². The van der Waals surface area contributed by atoms with E-state index in [1.54, 1.807) is 12.3 Å². The smallest absolute Gasteiger partial charge is 0.141 e. The number of aromatic nitrogens is 2. The molecule has 0 aliphatic carbocycles. The van der Waals surface area contributed by atoms with E-state index in [4.69, 9.17) is 11.6 Å². The number of rotatable bonds is 0. The van der Waals surface area contributed by atoms with Crippen LogP contribution in [0.4, 0.5) is 4.39 Å². The first-order valence-electron chi connectivity index (χ1n) is 4.49. The minimum absolute atomic E-state index is 0.382. The lowest BCUT2D eigenvalue weighted by Gasteiger charge is -1.92. The first-order chi connectivity index (χ1) is 7.75. The second-order valence-corrected chi connectivity index (χ2v) is 3.37. The molecule has 0 atom stereocenters. The Morgan fingerprint density at radius 3 is 2.69 bits per heavy atom. The molecular formula is C12H6ClFN2. The van der Waals surface area contributed by atoms with Crippen LogP contribution >= 0.6 is 11.6 Å². The van der Waals surface area contributed by atoms with Crippen molar-refractivity contribution in [1.29, 1.82) is 0 Å². The van der Waals surface area contributed by atoms with Gasteiger partial charge in [0.1, 0.15) is 11.5 Å². The molecule has 0 unspecified atom stereocenters. The molecule has 0 N–H and O–H groups in total. The molecule has 0 spiro atoms. The molecule has 0 saturated heterocycles. The second-order valence-electron chi connectivity index (χ2n) is 2.97. The van der Waals surface area contributed by atoms with Gasteiger partial charge in [-0.25, -0.2) is 9.37 Å². The van der Waals surface area contributed by atoms with Crippen molar-refractivity contribution in [2.45, 2.75) is 0 Å². The third-order valence-electron chi connectivity index (χ3n) is 1.83. The van der Waals surface area contributed by atoms with Crippen molar-refractivity contribution >= 4 is 11.6 Å². The number of hydrogen-bond donors (Lipinski definition) is 0. The molecule has 2 heterocycles. The molecule has 0 fully saturated rings. The highest BCUT2D eigenvalue weighted by Crippen LogP contribution is 2.11. The van der Waals surface area contributed by atoms with E-state index in [-0.39, 0.29) is 5.82 Å². The van der Waals surface area contributed by atoms with Gasteiger partial charge in [-0.15, -0.1) is 0 Å². The summed E-state index contributed by atoms with van der Waals surface area (Å²) in [6.45, 7) is 0. The Hall–Kier alpha value is -1.92. The van der Waals surface area contributed by atoms with Crippen molar-refractivity contribution in [1.82, 2.24) is 9.97 Å². The minimum atomic E-state index is -0.382. The maximum absolute atomic E-state index is 12.6. The third kappa shape index (κ3) is 2.56. The first kappa shape index (κ1) is 10.6. The summed E-state index contributed by atoms with van der Waals surface area (Å²) in [5.74, 6) is 5.25. The predicted octanol–water partition coefficient (Wildman–Crippen LogP) is 2.67. The third-order valence-corrected chi connectivity index (χ3v) is 2.13. The Kier molecular flexibility index (Phi) is 3.13. The molecule has 2 aromatic rings. The molecule has 2 rings (SSSR count). The maximum Gasteiger partial charge on any atom is 0.141 e. The van der Waals surface area contributed by atoms with Gasteiger partial charge in [0.25, 0.3) is 0 Å². The van der Waals surface area contributed by atoms with Crippen molar-refractivity contribution in [3.8, 4) is 11.8 Å². The van der Waals surface area contributed by atoms with E-state index in [1.165, 1.54) is 18.3 Å². The number of nitrogens with zero attached hydrogens (tertiary/aromatic N) is 2. The Bertz CT molecular complexity index is 555. The number of hydrogen-bond acceptors (Lipinski definition) is 2. The van der Waals surface area contributed by atoms with Crippen LogP contribution in [0.15, 0.2) is 36.8 Å². The lowest BCUT2D eigenvalue weighted by Crippen LogP contribution is -1.84. The highest BCUT2D eigenvalue weighted by Gasteiger charge is 1.94. The summed E-state index contributed by atoms with van der Waals surface area (Å²) in [4.78, 5) is 7.66. The molecule has 4 heteroatoms. The monoisotopic (exact) mass is 232 g/mol. The van der Waals surface area contributed by atoms with Crippen LogP contribution in [0, 0.1) is 17.7 Å². The first-order valence-corrected chi connectivity index (χ1v) is 4.86. The van der Waals surface area contributed by atoms with E-state index in [0.717, 1.165) is 6.20 Å². The molecule has 2 nitrogen and oxygen atoms in total. The number of pyridine rings is 2. The maximum atomic E-state index is 12.6. The summed E-state index contributed by atoms with van der Waals surface area (Å²) < 4.78 is 12.6. The highest BCUT2D eigenvalue weighted by molar-refractivity contribution is 6.31. The van der Waals surface area contributed by atoms with E-state index >= 15 is 0 Å². The van der Waals surface area contributed by atoms with Gasteiger partial charge in [-0.2, -0.15) is 0 Å².